The van der Waals surface area contributed by atoms with Gasteiger partial charge in [0.15, 0.2) is 0 Å². The first-order valence-corrected chi connectivity index (χ1v) is 6.82. The number of hydrogen-bond donors (Lipinski definition) is 2. The zero-order valence-electron chi connectivity index (χ0n) is 10.5. The van der Waals surface area contributed by atoms with Gasteiger partial charge in [0.05, 0.1) is 5.69 Å². The van der Waals surface area contributed by atoms with Gasteiger partial charge in [-0.1, -0.05) is 28.1 Å². The molecule has 1 aromatic carbocycles. The Hall–Kier alpha value is -1.47. The molecular weight excluding hydrogens is 332 g/mol. The number of anilines is 1. The average molecular weight is 346 g/mol. The van der Waals surface area contributed by atoms with E-state index in [9.17, 15) is 8.78 Å². The monoisotopic (exact) mass is 345 g/mol. The van der Waals surface area contributed by atoms with Gasteiger partial charge in [-0.3, -0.25) is 0 Å². The van der Waals surface area contributed by atoms with Crippen LogP contribution in [0.5, 0.6) is 0 Å². The van der Waals surface area contributed by atoms with Gasteiger partial charge in [-0.2, -0.15) is 5.10 Å². The second kappa shape index (κ2) is 6.32. The van der Waals surface area contributed by atoms with Crippen LogP contribution in [-0.4, -0.2) is 27.9 Å². The van der Waals surface area contributed by atoms with Gasteiger partial charge >= 0.3 is 0 Å². The van der Waals surface area contributed by atoms with E-state index >= 15 is 0 Å². The number of aliphatic hydroxyl groups is 1. The predicted octanol–water partition coefficient (Wildman–Crippen LogP) is 3.08. The van der Waals surface area contributed by atoms with Crippen molar-refractivity contribution in [3.05, 3.63) is 34.8 Å². The molecule has 0 radical (unpaired) electrons. The number of alkyl halides is 2. The number of aliphatic hydroxyl groups excluding tert-OH is 1. The summed E-state index contributed by atoms with van der Waals surface area (Å²) in [6, 6.07) is 7.64. The van der Waals surface area contributed by atoms with E-state index in [2.05, 4.69) is 21.0 Å². The van der Waals surface area contributed by atoms with Crippen LogP contribution in [0.4, 0.5) is 14.6 Å². The van der Waals surface area contributed by atoms with Gasteiger partial charge in [0.25, 0.3) is 6.43 Å². The fraction of sp³-hybridized carbons (Fsp3) is 0.308. The third kappa shape index (κ3) is 3.16. The number of benzene rings is 1. The van der Waals surface area contributed by atoms with Crippen molar-refractivity contribution in [1.82, 2.24) is 9.78 Å². The number of hydrogen-bond acceptors (Lipinski definition) is 3. The Morgan fingerprint density at radius 2 is 1.95 bits per heavy atom. The molecule has 1 atom stereocenters. The minimum Gasteiger partial charge on any atom is -0.396 e. The van der Waals surface area contributed by atoms with Crippen LogP contribution in [0.1, 0.15) is 12.5 Å². The molecule has 4 nitrogen and oxygen atoms in total. The van der Waals surface area contributed by atoms with E-state index in [1.165, 1.54) is 0 Å². The summed E-state index contributed by atoms with van der Waals surface area (Å²) in [6.07, 6.45) is -2.73. The Labute approximate surface area is 123 Å². The lowest BCUT2D eigenvalue weighted by Crippen LogP contribution is -2.21. The lowest BCUT2D eigenvalue weighted by atomic mass is 10.2. The molecule has 0 saturated carbocycles. The van der Waals surface area contributed by atoms with E-state index in [1.54, 1.807) is 6.07 Å². The summed E-state index contributed by atoms with van der Waals surface area (Å²) >= 11 is 3.32. The summed E-state index contributed by atoms with van der Waals surface area (Å²) in [5.74, 6) is 0.154. The van der Waals surface area contributed by atoms with Crippen LogP contribution in [-0.2, 0) is 0 Å². The highest BCUT2D eigenvalue weighted by Crippen LogP contribution is 2.28. The molecule has 1 heterocycles. The van der Waals surface area contributed by atoms with E-state index in [-0.39, 0.29) is 18.8 Å². The maximum absolute atomic E-state index is 13.0. The van der Waals surface area contributed by atoms with E-state index in [1.807, 2.05) is 24.3 Å². The summed E-state index contributed by atoms with van der Waals surface area (Å²) in [4.78, 5) is 0. The van der Waals surface area contributed by atoms with Crippen molar-refractivity contribution in [2.24, 2.45) is 0 Å². The largest absolute Gasteiger partial charge is 0.396 e. The van der Waals surface area contributed by atoms with Crippen LogP contribution in [0.25, 0.3) is 11.3 Å². The van der Waals surface area contributed by atoms with Gasteiger partial charge in [-0.15, -0.1) is 0 Å². The molecule has 3 N–H and O–H groups in total. The number of aromatic nitrogens is 2. The Morgan fingerprint density at radius 3 is 2.50 bits per heavy atom. The lowest BCUT2D eigenvalue weighted by Gasteiger charge is -2.16. The van der Waals surface area contributed by atoms with Crippen LogP contribution in [0.15, 0.2) is 34.8 Å². The van der Waals surface area contributed by atoms with Crippen LogP contribution in [0.3, 0.4) is 0 Å². The highest BCUT2D eigenvalue weighted by atomic mass is 79.9. The molecular formula is C13H14BrF2N3O. The third-order valence-corrected chi connectivity index (χ3v) is 3.46. The molecule has 108 valence electrons. The van der Waals surface area contributed by atoms with Crippen molar-refractivity contribution in [2.45, 2.75) is 18.9 Å². The van der Waals surface area contributed by atoms with Crippen LogP contribution in [0, 0.1) is 0 Å². The first kappa shape index (κ1) is 14.9. The maximum atomic E-state index is 13.0. The molecule has 0 aliphatic carbocycles. The fourth-order valence-corrected chi connectivity index (χ4v) is 2.19. The number of nitrogens with zero attached hydrogens (tertiary/aromatic N) is 2. The van der Waals surface area contributed by atoms with E-state index in [0.29, 0.717) is 5.69 Å². The zero-order chi connectivity index (χ0) is 14.7. The van der Waals surface area contributed by atoms with Crippen molar-refractivity contribution in [2.75, 3.05) is 12.3 Å². The Kier molecular flexibility index (Phi) is 4.72. The van der Waals surface area contributed by atoms with E-state index in [4.69, 9.17) is 10.8 Å². The quantitative estimate of drug-likeness (QED) is 0.875. The van der Waals surface area contributed by atoms with Gasteiger partial charge in [-0.05, 0) is 18.6 Å². The van der Waals surface area contributed by atoms with E-state index < -0.39 is 12.5 Å². The zero-order valence-corrected chi connectivity index (χ0v) is 12.1. The Balaban J connectivity index is 2.35. The van der Waals surface area contributed by atoms with Crippen molar-refractivity contribution in [1.29, 1.82) is 0 Å². The van der Waals surface area contributed by atoms with Gasteiger partial charge in [0.1, 0.15) is 11.9 Å². The Bertz CT molecular complexity index is 571. The molecule has 7 heteroatoms. The third-order valence-electron chi connectivity index (χ3n) is 2.93. The predicted molar refractivity (Wildman–Crippen MR) is 76.5 cm³/mol. The minimum atomic E-state index is -2.64. The number of nitrogens with two attached hydrogens (primary N) is 1. The number of rotatable bonds is 5. The molecule has 20 heavy (non-hydrogen) atoms. The van der Waals surface area contributed by atoms with Crippen LogP contribution < -0.4 is 5.73 Å². The normalized spacial score (nSPS) is 12.8. The molecule has 2 aromatic rings. The van der Waals surface area contributed by atoms with Crippen molar-refractivity contribution < 1.29 is 13.9 Å². The van der Waals surface area contributed by atoms with Crippen LogP contribution >= 0.6 is 15.9 Å². The number of nitrogen functional groups attached to an aromatic ring is 1. The first-order valence-electron chi connectivity index (χ1n) is 6.03. The van der Waals surface area contributed by atoms with Crippen molar-refractivity contribution in [3.8, 4) is 11.3 Å². The molecule has 0 saturated heterocycles. The molecule has 1 unspecified atom stereocenters. The SMILES string of the molecule is Nc1cc(-c2ccc(Br)cc2)nn1C(CCO)C(F)F. The summed E-state index contributed by atoms with van der Waals surface area (Å²) in [5, 5.41) is 13.0. The van der Waals surface area contributed by atoms with Crippen molar-refractivity contribution in [3.63, 3.8) is 0 Å². The summed E-state index contributed by atoms with van der Waals surface area (Å²) in [6.45, 7) is -0.345. The van der Waals surface area contributed by atoms with Gasteiger partial charge in [-0.25, -0.2) is 13.5 Å². The van der Waals surface area contributed by atoms with Gasteiger partial charge < -0.3 is 10.8 Å². The summed E-state index contributed by atoms with van der Waals surface area (Å²) in [7, 11) is 0. The molecule has 0 amide bonds. The molecule has 1 aromatic heterocycles. The second-order valence-electron chi connectivity index (χ2n) is 4.32. The van der Waals surface area contributed by atoms with Crippen LogP contribution in [0.2, 0.25) is 0 Å². The first-order chi connectivity index (χ1) is 9.52. The minimum absolute atomic E-state index is 0.0939. The smallest absolute Gasteiger partial charge is 0.260 e. The van der Waals surface area contributed by atoms with Gasteiger partial charge in [0.2, 0.25) is 0 Å². The maximum Gasteiger partial charge on any atom is 0.260 e. The molecule has 0 fully saturated rings. The molecule has 0 aliphatic heterocycles. The Morgan fingerprint density at radius 1 is 1.30 bits per heavy atom. The lowest BCUT2D eigenvalue weighted by molar-refractivity contribution is 0.0624. The summed E-state index contributed by atoms with van der Waals surface area (Å²) in [5.41, 5.74) is 7.07. The summed E-state index contributed by atoms with van der Waals surface area (Å²) < 4.78 is 28.0. The number of halogens is 3. The second-order valence-corrected chi connectivity index (χ2v) is 5.24. The highest BCUT2D eigenvalue weighted by Gasteiger charge is 2.25. The van der Waals surface area contributed by atoms with Crippen molar-refractivity contribution >= 4 is 21.7 Å². The van der Waals surface area contributed by atoms with Gasteiger partial charge in [0, 0.05) is 22.7 Å². The fourth-order valence-electron chi connectivity index (χ4n) is 1.92. The molecule has 2 rings (SSSR count). The molecule has 0 aliphatic rings. The molecule has 0 spiro atoms. The standard InChI is InChI=1S/C13H14BrF2N3O/c14-9-3-1-8(2-4-9)10-7-12(17)19(18-10)11(5-6-20)13(15)16/h1-4,7,11,13,20H,5-6,17H2. The highest BCUT2D eigenvalue weighted by molar-refractivity contribution is 9.10. The van der Waals surface area contributed by atoms with E-state index in [0.717, 1.165) is 14.7 Å². The topological polar surface area (TPSA) is 64.1 Å². The average Bonchev–Trinajstić information content (AvgIpc) is 2.78. The molecule has 0 bridgehead atoms.